The van der Waals surface area contributed by atoms with Gasteiger partial charge in [-0.1, -0.05) is 16.8 Å². The molecule has 24 heavy (non-hydrogen) atoms. The van der Waals surface area contributed by atoms with Gasteiger partial charge >= 0.3 is 0 Å². The third kappa shape index (κ3) is 3.47. The molecular formula is C18H21ClN2O3. The number of carbonyl (C=O) groups is 1. The number of rotatable bonds is 3. The second-order valence-corrected chi connectivity index (χ2v) is 7.26. The lowest BCUT2D eigenvalue weighted by Gasteiger charge is -2.38. The molecule has 2 heterocycles. The molecule has 3 rings (SSSR count). The summed E-state index contributed by atoms with van der Waals surface area (Å²) >= 11 is 5.91. The van der Waals surface area contributed by atoms with Gasteiger partial charge in [0.15, 0.2) is 5.76 Å². The Bertz CT molecular complexity index is 719. The molecule has 1 unspecified atom stereocenters. The molecule has 1 N–H and O–H groups in total. The quantitative estimate of drug-likeness (QED) is 0.920. The van der Waals surface area contributed by atoms with Crippen LogP contribution >= 0.6 is 11.6 Å². The molecule has 128 valence electrons. The van der Waals surface area contributed by atoms with Gasteiger partial charge in [-0.05, 0) is 51.0 Å². The first-order valence-electron chi connectivity index (χ1n) is 8.08. The van der Waals surface area contributed by atoms with Gasteiger partial charge in [0.05, 0.1) is 11.8 Å². The van der Waals surface area contributed by atoms with Gasteiger partial charge in [-0.15, -0.1) is 0 Å². The zero-order valence-electron chi connectivity index (χ0n) is 13.8. The fraction of sp³-hybridized carbons (Fsp3) is 0.444. The Kier molecular flexibility index (Phi) is 4.65. The summed E-state index contributed by atoms with van der Waals surface area (Å²) in [6.07, 6.45) is 3.25. The largest absolute Gasteiger partial charge is 0.390 e. The average molecular weight is 349 g/mol. The van der Waals surface area contributed by atoms with Gasteiger partial charge in [-0.3, -0.25) is 4.79 Å². The minimum absolute atomic E-state index is 0.0639. The summed E-state index contributed by atoms with van der Waals surface area (Å²) < 4.78 is 5.31. The van der Waals surface area contributed by atoms with Crippen molar-refractivity contribution in [3.8, 4) is 11.3 Å². The van der Waals surface area contributed by atoms with Crippen molar-refractivity contribution in [1.82, 2.24) is 10.1 Å². The van der Waals surface area contributed by atoms with Crippen molar-refractivity contribution in [2.45, 2.75) is 32.3 Å². The Hall–Kier alpha value is -1.85. The second kappa shape index (κ2) is 6.57. The van der Waals surface area contributed by atoms with E-state index >= 15 is 0 Å². The minimum atomic E-state index is -0.799. The highest BCUT2D eigenvalue weighted by atomic mass is 35.5. The number of likely N-dealkylation sites (tertiary alicyclic amines) is 1. The fourth-order valence-electron chi connectivity index (χ4n) is 3.11. The van der Waals surface area contributed by atoms with E-state index in [2.05, 4.69) is 5.16 Å². The van der Waals surface area contributed by atoms with Gasteiger partial charge in [-0.25, -0.2) is 0 Å². The molecule has 1 aromatic heterocycles. The van der Waals surface area contributed by atoms with Crippen LogP contribution < -0.4 is 0 Å². The summed E-state index contributed by atoms with van der Waals surface area (Å²) in [6, 6.07) is 7.10. The zero-order valence-corrected chi connectivity index (χ0v) is 14.6. The van der Waals surface area contributed by atoms with E-state index in [9.17, 15) is 9.90 Å². The number of carbonyl (C=O) groups excluding carboxylic acids is 1. The van der Waals surface area contributed by atoms with Crippen molar-refractivity contribution in [3.05, 3.63) is 41.0 Å². The number of hydrogen-bond donors (Lipinski definition) is 1. The van der Waals surface area contributed by atoms with E-state index in [0.717, 1.165) is 18.4 Å². The van der Waals surface area contributed by atoms with Gasteiger partial charge in [0.2, 0.25) is 0 Å². The molecule has 0 aliphatic carbocycles. The third-order valence-electron chi connectivity index (χ3n) is 4.61. The number of halogens is 1. The van der Waals surface area contributed by atoms with E-state index in [1.54, 1.807) is 43.0 Å². The van der Waals surface area contributed by atoms with Crippen LogP contribution in [0.15, 0.2) is 35.0 Å². The summed E-state index contributed by atoms with van der Waals surface area (Å²) in [6.45, 7) is 4.80. The SMILES string of the molecule is CC(C)(O)C1CCCN(C(=O)c2cnoc2-c2ccc(Cl)cc2)C1. The third-order valence-corrected chi connectivity index (χ3v) is 4.87. The molecule has 0 saturated carbocycles. The Morgan fingerprint density at radius 2 is 2.08 bits per heavy atom. The Morgan fingerprint density at radius 1 is 1.38 bits per heavy atom. The smallest absolute Gasteiger partial charge is 0.259 e. The molecule has 0 spiro atoms. The summed E-state index contributed by atoms with van der Waals surface area (Å²) in [5.41, 5.74) is 0.400. The van der Waals surface area contributed by atoms with Crippen LogP contribution in [0.1, 0.15) is 37.0 Å². The summed E-state index contributed by atoms with van der Waals surface area (Å²) in [7, 11) is 0. The van der Waals surface area contributed by atoms with Crippen LogP contribution in [0.25, 0.3) is 11.3 Å². The van der Waals surface area contributed by atoms with E-state index in [0.29, 0.717) is 29.4 Å². The van der Waals surface area contributed by atoms with Gasteiger partial charge in [0, 0.05) is 29.6 Å². The topological polar surface area (TPSA) is 66.6 Å². The number of amides is 1. The van der Waals surface area contributed by atoms with Crippen molar-refractivity contribution in [3.63, 3.8) is 0 Å². The van der Waals surface area contributed by atoms with Gasteiger partial charge in [0.1, 0.15) is 5.56 Å². The fourth-order valence-corrected chi connectivity index (χ4v) is 3.24. The maximum atomic E-state index is 12.9. The molecule has 1 aliphatic heterocycles. The van der Waals surface area contributed by atoms with E-state index in [4.69, 9.17) is 16.1 Å². The van der Waals surface area contributed by atoms with Crippen LogP contribution in [0, 0.1) is 5.92 Å². The van der Waals surface area contributed by atoms with E-state index < -0.39 is 5.60 Å². The molecule has 2 aromatic rings. The van der Waals surface area contributed by atoms with Crippen molar-refractivity contribution < 1.29 is 14.4 Å². The molecule has 0 radical (unpaired) electrons. The van der Waals surface area contributed by atoms with Crippen LogP contribution in [0.3, 0.4) is 0 Å². The minimum Gasteiger partial charge on any atom is -0.390 e. The molecule has 1 aliphatic rings. The molecule has 1 amide bonds. The maximum absolute atomic E-state index is 12.9. The number of nitrogens with zero attached hydrogens (tertiary/aromatic N) is 2. The monoisotopic (exact) mass is 348 g/mol. The molecule has 1 fully saturated rings. The second-order valence-electron chi connectivity index (χ2n) is 6.82. The highest BCUT2D eigenvalue weighted by Crippen LogP contribution is 2.30. The first kappa shape index (κ1) is 17.0. The highest BCUT2D eigenvalue weighted by Gasteiger charge is 2.34. The molecule has 1 saturated heterocycles. The standard InChI is InChI=1S/C18H21ClN2O3/c1-18(2,23)13-4-3-9-21(11-13)17(22)15-10-20-24-16(15)12-5-7-14(19)8-6-12/h5-8,10,13,23H,3-4,9,11H2,1-2H3. The number of hydrogen-bond acceptors (Lipinski definition) is 4. The Labute approximate surface area is 146 Å². The van der Waals surface area contributed by atoms with Crippen LogP contribution in [0.5, 0.6) is 0 Å². The molecule has 1 atom stereocenters. The number of benzene rings is 1. The van der Waals surface area contributed by atoms with Crippen molar-refractivity contribution in [2.24, 2.45) is 5.92 Å². The van der Waals surface area contributed by atoms with E-state index in [1.807, 2.05) is 0 Å². The van der Waals surface area contributed by atoms with Crippen LogP contribution in [-0.2, 0) is 0 Å². The Morgan fingerprint density at radius 3 is 2.75 bits per heavy atom. The van der Waals surface area contributed by atoms with Crippen LogP contribution in [0.2, 0.25) is 5.02 Å². The van der Waals surface area contributed by atoms with E-state index in [1.165, 1.54) is 6.20 Å². The van der Waals surface area contributed by atoms with Crippen molar-refractivity contribution in [1.29, 1.82) is 0 Å². The number of piperidine rings is 1. The van der Waals surface area contributed by atoms with Gasteiger partial charge in [0.25, 0.3) is 5.91 Å². The number of aliphatic hydroxyl groups is 1. The van der Waals surface area contributed by atoms with Crippen molar-refractivity contribution >= 4 is 17.5 Å². The lowest BCUT2D eigenvalue weighted by molar-refractivity contribution is -0.0146. The highest BCUT2D eigenvalue weighted by molar-refractivity contribution is 6.30. The van der Waals surface area contributed by atoms with Crippen LogP contribution in [0.4, 0.5) is 0 Å². The molecule has 1 aromatic carbocycles. The predicted octanol–water partition coefficient (Wildman–Crippen LogP) is 3.62. The normalized spacial score (nSPS) is 18.7. The summed E-state index contributed by atoms with van der Waals surface area (Å²) in [5, 5.41) is 14.7. The molecular weight excluding hydrogens is 328 g/mol. The maximum Gasteiger partial charge on any atom is 0.259 e. The average Bonchev–Trinajstić information content (AvgIpc) is 3.04. The lowest BCUT2D eigenvalue weighted by atomic mass is 9.84. The van der Waals surface area contributed by atoms with Gasteiger partial charge in [-0.2, -0.15) is 0 Å². The predicted molar refractivity (Wildman–Crippen MR) is 91.9 cm³/mol. The van der Waals surface area contributed by atoms with E-state index in [-0.39, 0.29) is 11.8 Å². The number of aromatic nitrogens is 1. The molecule has 5 nitrogen and oxygen atoms in total. The zero-order chi connectivity index (χ0) is 17.3. The first-order valence-corrected chi connectivity index (χ1v) is 8.46. The van der Waals surface area contributed by atoms with Crippen LogP contribution in [-0.4, -0.2) is 39.8 Å². The molecule has 6 heteroatoms. The van der Waals surface area contributed by atoms with Crippen molar-refractivity contribution in [2.75, 3.05) is 13.1 Å². The first-order chi connectivity index (χ1) is 11.4. The Balaban J connectivity index is 1.83. The lowest BCUT2D eigenvalue weighted by Crippen LogP contribution is -2.46. The summed E-state index contributed by atoms with van der Waals surface area (Å²) in [5.74, 6) is 0.395. The molecule has 0 bridgehead atoms. The van der Waals surface area contributed by atoms with Gasteiger partial charge < -0.3 is 14.5 Å². The summed E-state index contributed by atoms with van der Waals surface area (Å²) in [4.78, 5) is 14.7.